The van der Waals surface area contributed by atoms with Gasteiger partial charge >= 0.3 is 0 Å². The van der Waals surface area contributed by atoms with Gasteiger partial charge in [-0.15, -0.1) is 0 Å². The van der Waals surface area contributed by atoms with Crippen molar-refractivity contribution in [3.63, 3.8) is 0 Å². The molecule has 0 atom stereocenters. The Bertz CT molecular complexity index is 567. The van der Waals surface area contributed by atoms with E-state index in [-0.39, 0.29) is 5.75 Å². The Balaban J connectivity index is 2.19. The molecule has 2 aromatic carbocycles. The van der Waals surface area contributed by atoms with Crippen molar-refractivity contribution >= 4 is 24.9 Å². The van der Waals surface area contributed by atoms with Gasteiger partial charge in [-0.05, 0) is 42.7 Å². The standard InChI is InChI=1S/C15H14BClO2/c1-2-19-12-5-3-10(4-6-12)7-11-8-13(16)15(18)9-14(11)17/h3-6,8-9,18H,2,7H2,1H3. The number of rotatable bonds is 4. The fourth-order valence-corrected chi connectivity index (χ4v) is 2.08. The highest BCUT2D eigenvalue weighted by atomic mass is 35.5. The van der Waals surface area contributed by atoms with E-state index in [1.54, 1.807) is 6.07 Å². The van der Waals surface area contributed by atoms with Crippen LogP contribution >= 0.6 is 11.6 Å². The zero-order valence-electron chi connectivity index (χ0n) is 10.7. The molecule has 0 aromatic heterocycles. The molecule has 0 spiro atoms. The lowest BCUT2D eigenvalue weighted by Crippen LogP contribution is -2.05. The van der Waals surface area contributed by atoms with Crippen LogP contribution in [0.25, 0.3) is 0 Å². The van der Waals surface area contributed by atoms with Crippen molar-refractivity contribution in [2.75, 3.05) is 6.61 Å². The van der Waals surface area contributed by atoms with E-state index in [9.17, 15) is 5.11 Å². The first-order valence-corrected chi connectivity index (χ1v) is 6.46. The summed E-state index contributed by atoms with van der Waals surface area (Å²) in [6.45, 7) is 2.60. The van der Waals surface area contributed by atoms with Crippen molar-refractivity contribution in [2.45, 2.75) is 13.3 Å². The first-order valence-electron chi connectivity index (χ1n) is 6.08. The largest absolute Gasteiger partial charge is 0.509 e. The molecule has 0 amide bonds. The lowest BCUT2D eigenvalue weighted by molar-refractivity contribution is 0.340. The number of benzene rings is 2. The van der Waals surface area contributed by atoms with Gasteiger partial charge in [0.1, 0.15) is 19.3 Å². The van der Waals surface area contributed by atoms with Gasteiger partial charge in [0, 0.05) is 5.02 Å². The third kappa shape index (κ3) is 3.45. The maximum atomic E-state index is 9.46. The zero-order chi connectivity index (χ0) is 13.8. The number of phenolic OH excluding ortho intramolecular Hbond substituents is 1. The second-order valence-corrected chi connectivity index (χ2v) is 4.66. The fraction of sp³-hybridized carbons (Fsp3) is 0.200. The van der Waals surface area contributed by atoms with Crippen LogP contribution in [0.5, 0.6) is 11.5 Å². The number of phenols is 1. The Hall–Kier alpha value is -1.61. The second-order valence-electron chi connectivity index (χ2n) is 4.26. The van der Waals surface area contributed by atoms with E-state index in [1.165, 1.54) is 6.07 Å². The van der Waals surface area contributed by atoms with Gasteiger partial charge in [-0.25, -0.2) is 0 Å². The second kappa shape index (κ2) is 6.03. The quantitative estimate of drug-likeness (QED) is 0.867. The number of aromatic hydroxyl groups is 1. The fourth-order valence-electron chi connectivity index (χ4n) is 1.85. The molecule has 0 aliphatic carbocycles. The highest BCUT2D eigenvalue weighted by Gasteiger charge is 2.06. The monoisotopic (exact) mass is 272 g/mol. The van der Waals surface area contributed by atoms with E-state index < -0.39 is 0 Å². The Kier molecular flexibility index (Phi) is 4.38. The lowest BCUT2D eigenvalue weighted by atomic mass is 9.91. The van der Waals surface area contributed by atoms with Crippen LogP contribution in [-0.4, -0.2) is 19.6 Å². The number of halogens is 1. The third-order valence-corrected chi connectivity index (χ3v) is 3.18. The van der Waals surface area contributed by atoms with Crippen LogP contribution in [0, 0.1) is 0 Å². The topological polar surface area (TPSA) is 29.5 Å². The molecule has 0 fully saturated rings. The summed E-state index contributed by atoms with van der Waals surface area (Å²) in [6.07, 6.45) is 0.662. The molecule has 4 heteroatoms. The van der Waals surface area contributed by atoms with Crippen molar-refractivity contribution in [2.24, 2.45) is 0 Å². The van der Waals surface area contributed by atoms with E-state index in [0.29, 0.717) is 23.5 Å². The molecule has 2 radical (unpaired) electrons. The number of ether oxygens (including phenoxy) is 1. The summed E-state index contributed by atoms with van der Waals surface area (Å²) in [6, 6.07) is 11.0. The molecule has 96 valence electrons. The third-order valence-electron chi connectivity index (χ3n) is 2.82. The summed E-state index contributed by atoms with van der Waals surface area (Å²) < 4.78 is 5.39. The number of hydrogen-bond acceptors (Lipinski definition) is 2. The van der Waals surface area contributed by atoms with Crippen LogP contribution in [0.15, 0.2) is 36.4 Å². The molecule has 0 aliphatic rings. The molecule has 2 rings (SSSR count). The van der Waals surface area contributed by atoms with Gasteiger partial charge in [-0.2, -0.15) is 0 Å². The molecule has 1 N–H and O–H groups in total. The Morgan fingerprint density at radius 1 is 1.21 bits per heavy atom. The molecule has 0 unspecified atom stereocenters. The smallest absolute Gasteiger partial charge is 0.119 e. The van der Waals surface area contributed by atoms with E-state index >= 15 is 0 Å². The molecule has 19 heavy (non-hydrogen) atoms. The molecule has 2 nitrogen and oxygen atoms in total. The molecule has 0 aliphatic heterocycles. The van der Waals surface area contributed by atoms with Gasteiger partial charge in [0.15, 0.2) is 0 Å². The highest BCUT2D eigenvalue weighted by Crippen LogP contribution is 2.23. The predicted octanol–water partition coefficient (Wildman–Crippen LogP) is 2.83. The SMILES string of the molecule is [B]c1cc(Cc2ccc(OCC)cc2)c(Cl)cc1O. The summed E-state index contributed by atoms with van der Waals surface area (Å²) in [7, 11) is 5.68. The Labute approximate surface area is 119 Å². The first kappa shape index (κ1) is 13.8. The van der Waals surface area contributed by atoms with E-state index in [2.05, 4.69) is 0 Å². The molecule has 0 saturated carbocycles. The highest BCUT2D eigenvalue weighted by molar-refractivity contribution is 6.36. The van der Waals surface area contributed by atoms with E-state index in [0.717, 1.165) is 16.9 Å². The summed E-state index contributed by atoms with van der Waals surface area (Å²) >= 11 is 6.09. The van der Waals surface area contributed by atoms with Gasteiger partial charge < -0.3 is 9.84 Å². The summed E-state index contributed by atoms with van der Waals surface area (Å²) in [4.78, 5) is 0. The van der Waals surface area contributed by atoms with Crippen LogP contribution in [-0.2, 0) is 6.42 Å². The van der Waals surface area contributed by atoms with Crippen LogP contribution in [0.3, 0.4) is 0 Å². The predicted molar refractivity (Wildman–Crippen MR) is 78.9 cm³/mol. The van der Waals surface area contributed by atoms with Crippen molar-refractivity contribution in [3.05, 3.63) is 52.5 Å². The summed E-state index contributed by atoms with van der Waals surface area (Å²) in [5, 5.41) is 9.97. The molecular weight excluding hydrogens is 258 g/mol. The van der Waals surface area contributed by atoms with E-state index in [4.69, 9.17) is 24.2 Å². The molecular formula is C15H14BClO2. The molecule has 0 bridgehead atoms. The minimum absolute atomic E-state index is 0.0143. The van der Waals surface area contributed by atoms with Gasteiger partial charge in [0.25, 0.3) is 0 Å². The molecule has 0 saturated heterocycles. The molecule has 0 heterocycles. The normalized spacial score (nSPS) is 10.4. The Morgan fingerprint density at radius 2 is 1.89 bits per heavy atom. The van der Waals surface area contributed by atoms with Crippen LogP contribution < -0.4 is 10.2 Å². The average Bonchev–Trinajstić information content (AvgIpc) is 2.38. The van der Waals surface area contributed by atoms with Gasteiger partial charge in [-0.3, -0.25) is 0 Å². The maximum absolute atomic E-state index is 9.46. The van der Waals surface area contributed by atoms with Crippen molar-refractivity contribution in [3.8, 4) is 11.5 Å². The van der Waals surface area contributed by atoms with Crippen LogP contribution in [0.2, 0.25) is 5.02 Å². The van der Waals surface area contributed by atoms with Gasteiger partial charge in [-0.1, -0.05) is 35.3 Å². The summed E-state index contributed by atoms with van der Waals surface area (Å²) in [5.41, 5.74) is 2.34. The van der Waals surface area contributed by atoms with Crippen molar-refractivity contribution < 1.29 is 9.84 Å². The van der Waals surface area contributed by atoms with Crippen molar-refractivity contribution in [1.29, 1.82) is 0 Å². The van der Waals surface area contributed by atoms with E-state index in [1.807, 2.05) is 31.2 Å². The average molecular weight is 273 g/mol. The Morgan fingerprint density at radius 3 is 2.53 bits per heavy atom. The summed E-state index contributed by atoms with van der Waals surface area (Å²) in [5.74, 6) is 0.864. The van der Waals surface area contributed by atoms with Gasteiger partial charge in [0.05, 0.1) is 6.61 Å². The van der Waals surface area contributed by atoms with Crippen LogP contribution in [0.4, 0.5) is 0 Å². The maximum Gasteiger partial charge on any atom is 0.119 e. The molecule has 2 aromatic rings. The van der Waals surface area contributed by atoms with Crippen LogP contribution in [0.1, 0.15) is 18.1 Å². The zero-order valence-corrected chi connectivity index (χ0v) is 11.4. The van der Waals surface area contributed by atoms with Crippen molar-refractivity contribution in [1.82, 2.24) is 0 Å². The lowest BCUT2D eigenvalue weighted by Gasteiger charge is -2.09. The number of hydrogen-bond donors (Lipinski definition) is 1. The first-order chi connectivity index (χ1) is 9.10. The van der Waals surface area contributed by atoms with Gasteiger partial charge in [0.2, 0.25) is 0 Å². The minimum atomic E-state index is 0.0143. The minimum Gasteiger partial charge on any atom is -0.509 e.